The largest absolute Gasteiger partial charge is 0.490 e. The minimum absolute atomic E-state index is 0.254. The van der Waals surface area contributed by atoms with Crippen LogP contribution in [0, 0.1) is 5.92 Å². The van der Waals surface area contributed by atoms with Crippen LogP contribution in [0.4, 0.5) is 0 Å². The topological polar surface area (TPSA) is 55.8 Å². The lowest BCUT2D eigenvalue weighted by molar-refractivity contribution is -0.141. The highest BCUT2D eigenvalue weighted by molar-refractivity contribution is 6.54. The molecule has 0 aromatic rings. The molecule has 2 rings (SSSR count). The molecule has 100 valence electrons. The van der Waals surface area contributed by atoms with Gasteiger partial charge in [0.25, 0.3) is 0 Å². The molecule has 2 aliphatic rings. The minimum atomic E-state index is -0.709. The Kier molecular flexibility index (Phi) is 3.32. The first kappa shape index (κ1) is 13.6. The fourth-order valence-corrected chi connectivity index (χ4v) is 2.29. The van der Waals surface area contributed by atoms with E-state index in [0.717, 1.165) is 11.9 Å². The summed E-state index contributed by atoms with van der Waals surface area (Å²) in [4.78, 5) is 10.9. The van der Waals surface area contributed by atoms with Gasteiger partial charge in [-0.3, -0.25) is 4.79 Å². The number of hydrogen-bond donors (Lipinski definition) is 1. The molecule has 0 aromatic carbocycles. The number of carboxylic acids is 1. The summed E-state index contributed by atoms with van der Waals surface area (Å²) >= 11 is 0. The molecule has 0 bridgehead atoms. The van der Waals surface area contributed by atoms with Crippen LogP contribution in [0.25, 0.3) is 0 Å². The molecule has 0 unspecified atom stereocenters. The zero-order valence-electron chi connectivity index (χ0n) is 11.5. The average Bonchev–Trinajstić information content (AvgIpc) is 2.48. The minimum Gasteiger partial charge on any atom is -0.481 e. The Morgan fingerprint density at radius 1 is 1.33 bits per heavy atom. The molecule has 5 heteroatoms. The van der Waals surface area contributed by atoms with E-state index in [1.165, 1.54) is 0 Å². The first-order chi connectivity index (χ1) is 8.23. The predicted octanol–water partition coefficient (Wildman–Crippen LogP) is 2.43. The molecule has 1 atom stereocenters. The Morgan fingerprint density at radius 3 is 2.28 bits per heavy atom. The number of carboxylic acid groups (broad SMARTS) is 1. The zero-order valence-corrected chi connectivity index (χ0v) is 11.5. The summed E-state index contributed by atoms with van der Waals surface area (Å²) in [5.41, 5.74) is 0.427. The molecule has 1 aliphatic heterocycles. The van der Waals surface area contributed by atoms with Crippen molar-refractivity contribution in [1.29, 1.82) is 0 Å². The summed E-state index contributed by atoms with van der Waals surface area (Å²) in [6, 6.07) is 0. The van der Waals surface area contributed by atoms with Crippen LogP contribution in [0.1, 0.15) is 47.0 Å². The maximum absolute atomic E-state index is 10.9. The van der Waals surface area contributed by atoms with Crippen molar-refractivity contribution < 1.29 is 19.2 Å². The van der Waals surface area contributed by atoms with Gasteiger partial charge in [-0.05, 0) is 52.4 Å². The van der Waals surface area contributed by atoms with Crippen molar-refractivity contribution in [2.75, 3.05) is 0 Å². The normalized spacial score (nSPS) is 30.1. The summed E-state index contributed by atoms with van der Waals surface area (Å²) < 4.78 is 11.9. The average molecular weight is 252 g/mol. The van der Waals surface area contributed by atoms with E-state index in [1.807, 2.05) is 33.8 Å². The van der Waals surface area contributed by atoms with Crippen molar-refractivity contribution in [3.05, 3.63) is 11.5 Å². The van der Waals surface area contributed by atoms with E-state index in [-0.39, 0.29) is 24.2 Å². The van der Waals surface area contributed by atoms with Crippen LogP contribution in [-0.2, 0) is 14.1 Å². The standard InChI is InChI=1S/C13H21BO4/c1-12(2)13(3,4)18-14(17-12)10-7-5-9(6-8-10)11(15)16/h7,9H,5-6,8H2,1-4H3,(H,15,16)/t9-/m0/s1. The lowest BCUT2D eigenvalue weighted by Gasteiger charge is -2.32. The van der Waals surface area contributed by atoms with E-state index < -0.39 is 5.97 Å². The molecule has 1 fully saturated rings. The van der Waals surface area contributed by atoms with Gasteiger partial charge in [0.1, 0.15) is 0 Å². The van der Waals surface area contributed by atoms with Gasteiger partial charge in [-0.25, -0.2) is 0 Å². The van der Waals surface area contributed by atoms with E-state index in [9.17, 15) is 4.79 Å². The quantitative estimate of drug-likeness (QED) is 0.767. The SMILES string of the molecule is CC1(C)OB(C2=CC[C@H](C(=O)O)CC2)OC1(C)C. The van der Waals surface area contributed by atoms with Crippen molar-refractivity contribution in [1.82, 2.24) is 0 Å². The number of carbonyl (C=O) groups is 1. The Balaban J connectivity index is 2.06. The van der Waals surface area contributed by atoms with Gasteiger partial charge in [-0.15, -0.1) is 0 Å². The number of hydrogen-bond acceptors (Lipinski definition) is 3. The molecule has 0 saturated carbocycles. The number of rotatable bonds is 2. The molecular formula is C13H21BO4. The van der Waals surface area contributed by atoms with Gasteiger partial charge in [0, 0.05) is 0 Å². The van der Waals surface area contributed by atoms with Crippen molar-refractivity contribution in [3.8, 4) is 0 Å². The van der Waals surface area contributed by atoms with Crippen LogP contribution in [0.2, 0.25) is 0 Å². The van der Waals surface area contributed by atoms with Gasteiger partial charge in [-0.2, -0.15) is 0 Å². The summed E-state index contributed by atoms with van der Waals surface area (Å²) in [7, 11) is -0.315. The maximum atomic E-state index is 10.9. The molecule has 1 heterocycles. The lowest BCUT2D eigenvalue weighted by Crippen LogP contribution is -2.41. The fraction of sp³-hybridized carbons (Fsp3) is 0.769. The Labute approximate surface area is 108 Å². The monoisotopic (exact) mass is 252 g/mol. The third kappa shape index (κ3) is 2.34. The van der Waals surface area contributed by atoms with E-state index >= 15 is 0 Å². The highest BCUT2D eigenvalue weighted by Gasteiger charge is 2.52. The van der Waals surface area contributed by atoms with E-state index in [4.69, 9.17) is 14.4 Å². The van der Waals surface area contributed by atoms with Gasteiger partial charge >= 0.3 is 13.1 Å². The summed E-state index contributed by atoms with van der Waals surface area (Å²) in [6.07, 6.45) is 3.97. The predicted molar refractivity (Wildman–Crippen MR) is 69.1 cm³/mol. The van der Waals surface area contributed by atoms with Crippen LogP contribution in [0.3, 0.4) is 0 Å². The molecule has 0 aromatic heterocycles. The molecule has 1 N–H and O–H groups in total. The van der Waals surface area contributed by atoms with Crippen molar-refractivity contribution in [2.24, 2.45) is 5.92 Å². The fourth-order valence-electron chi connectivity index (χ4n) is 2.29. The van der Waals surface area contributed by atoms with E-state index in [0.29, 0.717) is 12.8 Å². The van der Waals surface area contributed by atoms with Crippen LogP contribution in [-0.4, -0.2) is 29.4 Å². The second-order valence-electron chi connectivity index (χ2n) is 6.18. The number of aliphatic carboxylic acids is 1. The Hall–Kier alpha value is -0.805. The molecule has 18 heavy (non-hydrogen) atoms. The molecular weight excluding hydrogens is 231 g/mol. The third-order valence-electron chi connectivity index (χ3n) is 4.35. The van der Waals surface area contributed by atoms with Gasteiger partial charge in [0.2, 0.25) is 0 Å². The van der Waals surface area contributed by atoms with Gasteiger partial charge in [0.05, 0.1) is 17.1 Å². The first-order valence-electron chi connectivity index (χ1n) is 6.50. The second-order valence-corrected chi connectivity index (χ2v) is 6.18. The Morgan fingerprint density at radius 2 is 1.89 bits per heavy atom. The molecule has 0 amide bonds. The van der Waals surface area contributed by atoms with Gasteiger partial charge < -0.3 is 14.4 Å². The van der Waals surface area contributed by atoms with E-state index in [1.54, 1.807) is 0 Å². The smallest absolute Gasteiger partial charge is 0.481 e. The molecule has 1 aliphatic carbocycles. The third-order valence-corrected chi connectivity index (χ3v) is 4.35. The first-order valence-corrected chi connectivity index (χ1v) is 6.50. The molecule has 0 spiro atoms. The van der Waals surface area contributed by atoms with Crippen LogP contribution in [0.15, 0.2) is 11.5 Å². The Bertz CT molecular complexity index is 370. The number of allylic oxidation sites excluding steroid dienone is 2. The summed E-state index contributed by atoms with van der Waals surface area (Å²) in [5.74, 6) is -0.963. The van der Waals surface area contributed by atoms with Crippen molar-refractivity contribution in [3.63, 3.8) is 0 Å². The van der Waals surface area contributed by atoms with Gasteiger partial charge in [0.15, 0.2) is 0 Å². The highest BCUT2D eigenvalue weighted by atomic mass is 16.7. The zero-order chi connectivity index (χ0) is 13.6. The summed E-state index contributed by atoms with van der Waals surface area (Å²) in [6.45, 7) is 8.10. The van der Waals surface area contributed by atoms with Crippen LogP contribution >= 0.6 is 0 Å². The van der Waals surface area contributed by atoms with Crippen LogP contribution < -0.4 is 0 Å². The molecule has 4 nitrogen and oxygen atoms in total. The second kappa shape index (κ2) is 4.39. The lowest BCUT2D eigenvalue weighted by atomic mass is 9.70. The molecule has 0 radical (unpaired) electrons. The van der Waals surface area contributed by atoms with Crippen molar-refractivity contribution >= 4 is 13.1 Å². The van der Waals surface area contributed by atoms with Crippen LogP contribution in [0.5, 0.6) is 0 Å². The maximum Gasteiger partial charge on any atom is 0.490 e. The highest BCUT2D eigenvalue weighted by Crippen LogP contribution is 2.40. The van der Waals surface area contributed by atoms with Crippen molar-refractivity contribution in [2.45, 2.75) is 58.2 Å². The van der Waals surface area contributed by atoms with E-state index in [2.05, 4.69) is 0 Å². The molecule has 1 saturated heterocycles. The summed E-state index contributed by atoms with van der Waals surface area (Å²) in [5, 5.41) is 8.96. The van der Waals surface area contributed by atoms with Gasteiger partial charge in [-0.1, -0.05) is 6.08 Å².